The maximum Gasteiger partial charge on any atom is 0.418 e. The summed E-state index contributed by atoms with van der Waals surface area (Å²) in [4.78, 5) is 18.3. The number of anilines is 1. The third-order valence-electron chi connectivity index (χ3n) is 5.74. The zero-order chi connectivity index (χ0) is 22.8. The van der Waals surface area contributed by atoms with Gasteiger partial charge in [-0.05, 0) is 55.4 Å². The van der Waals surface area contributed by atoms with Crippen LogP contribution in [0.2, 0.25) is 0 Å². The Labute approximate surface area is 180 Å². The topological polar surface area (TPSA) is 65.5 Å². The van der Waals surface area contributed by atoms with E-state index in [2.05, 4.69) is 23.5 Å². The second-order valence-corrected chi connectivity index (χ2v) is 8.26. The van der Waals surface area contributed by atoms with Crippen molar-refractivity contribution in [3.05, 3.63) is 49.2 Å². The molecule has 3 atom stereocenters. The molecule has 2 fully saturated rings. The average molecular weight is 435 g/mol. The summed E-state index contributed by atoms with van der Waals surface area (Å²) < 4.78 is 40.1. The predicted octanol–water partition coefficient (Wildman–Crippen LogP) is 4.16. The largest absolute Gasteiger partial charge is 0.418 e. The van der Waals surface area contributed by atoms with Crippen molar-refractivity contribution in [1.82, 2.24) is 10.3 Å². The standard InChI is InChI=1S/C21H24F3N3O2.C2H4/c1-12-9-14(26-20(29)19(28)13-4-5-13)11-27(10-12)17-7-6-16(21(22,23)24)18-15(17)3-2-8-25-18;1-2/h2-3,6-8,12-14,19,28H,4-5,9-11H2,1H3,(H,26,29);1-2H2. The number of hydrogen-bond acceptors (Lipinski definition) is 4. The number of hydrogen-bond donors (Lipinski definition) is 2. The quantitative estimate of drug-likeness (QED) is 0.708. The van der Waals surface area contributed by atoms with Gasteiger partial charge in [-0.3, -0.25) is 9.78 Å². The maximum atomic E-state index is 13.4. The Kier molecular flexibility index (Phi) is 6.89. The van der Waals surface area contributed by atoms with Crippen molar-refractivity contribution in [3.8, 4) is 0 Å². The number of piperidine rings is 1. The van der Waals surface area contributed by atoms with Gasteiger partial charge in [-0.25, -0.2) is 0 Å². The fourth-order valence-electron chi connectivity index (χ4n) is 4.23. The Bertz CT molecular complexity index is 930. The molecule has 4 rings (SSSR count). The molecule has 0 radical (unpaired) electrons. The van der Waals surface area contributed by atoms with E-state index in [1.165, 1.54) is 12.3 Å². The van der Waals surface area contributed by atoms with E-state index in [-0.39, 0.29) is 29.3 Å². The molecule has 31 heavy (non-hydrogen) atoms. The van der Waals surface area contributed by atoms with Gasteiger partial charge < -0.3 is 15.3 Å². The van der Waals surface area contributed by atoms with Crippen LogP contribution < -0.4 is 10.2 Å². The van der Waals surface area contributed by atoms with Crippen LogP contribution in [-0.2, 0) is 11.0 Å². The summed E-state index contributed by atoms with van der Waals surface area (Å²) in [6.07, 6.45) is -1.59. The van der Waals surface area contributed by atoms with E-state index in [1.807, 2.05) is 11.8 Å². The van der Waals surface area contributed by atoms with Crippen LogP contribution in [0.3, 0.4) is 0 Å². The summed E-state index contributed by atoms with van der Waals surface area (Å²) in [5.74, 6) is -0.0660. The first kappa shape index (κ1) is 23.1. The molecule has 1 saturated heterocycles. The summed E-state index contributed by atoms with van der Waals surface area (Å²) >= 11 is 0. The van der Waals surface area contributed by atoms with Crippen LogP contribution in [0.1, 0.15) is 31.7 Å². The number of alkyl halides is 3. The van der Waals surface area contributed by atoms with Gasteiger partial charge in [-0.1, -0.05) is 6.92 Å². The monoisotopic (exact) mass is 435 g/mol. The van der Waals surface area contributed by atoms with Crippen molar-refractivity contribution < 1.29 is 23.1 Å². The zero-order valence-corrected chi connectivity index (χ0v) is 17.5. The van der Waals surface area contributed by atoms with Gasteiger partial charge in [-0.2, -0.15) is 13.2 Å². The number of carbonyl (C=O) groups excluding carboxylic acids is 1. The van der Waals surface area contributed by atoms with E-state index in [0.717, 1.165) is 25.3 Å². The Balaban J connectivity index is 0.00000132. The summed E-state index contributed by atoms with van der Waals surface area (Å²) in [5.41, 5.74) is -0.144. The Morgan fingerprint density at radius 1 is 1.26 bits per heavy atom. The second-order valence-electron chi connectivity index (χ2n) is 8.26. The summed E-state index contributed by atoms with van der Waals surface area (Å²) in [5, 5.41) is 13.4. The molecule has 0 spiro atoms. The van der Waals surface area contributed by atoms with Gasteiger partial charge in [0.15, 0.2) is 0 Å². The molecule has 0 bridgehead atoms. The summed E-state index contributed by atoms with van der Waals surface area (Å²) in [7, 11) is 0. The van der Waals surface area contributed by atoms with Gasteiger partial charge >= 0.3 is 6.18 Å². The van der Waals surface area contributed by atoms with Crippen LogP contribution >= 0.6 is 0 Å². The van der Waals surface area contributed by atoms with Crippen molar-refractivity contribution in [1.29, 1.82) is 0 Å². The third-order valence-corrected chi connectivity index (χ3v) is 5.74. The third kappa shape index (κ3) is 5.18. The van der Waals surface area contributed by atoms with E-state index >= 15 is 0 Å². The molecule has 2 aromatic rings. The molecule has 2 heterocycles. The molecule has 1 aliphatic heterocycles. The highest BCUT2D eigenvalue weighted by atomic mass is 19.4. The first-order valence-electron chi connectivity index (χ1n) is 10.4. The highest BCUT2D eigenvalue weighted by Crippen LogP contribution is 2.38. The highest BCUT2D eigenvalue weighted by Gasteiger charge is 2.37. The Hall–Kier alpha value is -2.61. The molecule has 1 aromatic heterocycles. The van der Waals surface area contributed by atoms with Gasteiger partial charge in [-0.15, -0.1) is 13.2 Å². The van der Waals surface area contributed by atoms with Crippen molar-refractivity contribution >= 4 is 22.5 Å². The van der Waals surface area contributed by atoms with Crippen molar-refractivity contribution in [2.75, 3.05) is 18.0 Å². The number of nitrogens with zero attached hydrogens (tertiary/aromatic N) is 2. The van der Waals surface area contributed by atoms with Crippen LogP contribution in [0.4, 0.5) is 18.9 Å². The lowest BCUT2D eigenvalue weighted by atomic mass is 9.94. The smallest absolute Gasteiger partial charge is 0.383 e. The van der Waals surface area contributed by atoms with E-state index in [4.69, 9.17) is 0 Å². The highest BCUT2D eigenvalue weighted by molar-refractivity contribution is 5.94. The number of pyridine rings is 1. The fourth-order valence-corrected chi connectivity index (χ4v) is 4.23. The molecular weight excluding hydrogens is 407 g/mol. The van der Waals surface area contributed by atoms with Gasteiger partial charge in [0.2, 0.25) is 5.91 Å². The first-order chi connectivity index (χ1) is 14.7. The molecule has 1 aromatic carbocycles. The van der Waals surface area contributed by atoms with Crippen LogP contribution in [0.5, 0.6) is 0 Å². The van der Waals surface area contributed by atoms with Crippen molar-refractivity contribution in [2.24, 2.45) is 11.8 Å². The van der Waals surface area contributed by atoms with E-state index in [9.17, 15) is 23.1 Å². The summed E-state index contributed by atoms with van der Waals surface area (Å²) in [6.45, 7) is 9.20. The lowest BCUT2D eigenvalue weighted by Gasteiger charge is -2.39. The number of benzene rings is 1. The van der Waals surface area contributed by atoms with Gasteiger partial charge in [0.25, 0.3) is 0 Å². The molecule has 2 aliphatic rings. The average Bonchev–Trinajstić information content (AvgIpc) is 3.58. The molecular formula is C23H28F3N3O2. The van der Waals surface area contributed by atoms with Gasteiger partial charge in [0.1, 0.15) is 6.10 Å². The molecule has 2 N–H and O–H groups in total. The SMILES string of the molecule is C=C.CC1CC(NC(=O)C(O)C2CC2)CN(c2ccc(C(F)(F)F)c3ncccc23)C1. The normalized spacial score (nSPS) is 22.4. The second kappa shape index (κ2) is 9.26. The van der Waals surface area contributed by atoms with E-state index < -0.39 is 17.8 Å². The van der Waals surface area contributed by atoms with Gasteiger partial charge in [0.05, 0.1) is 11.1 Å². The molecule has 1 amide bonds. The first-order valence-corrected chi connectivity index (χ1v) is 10.4. The van der Waals surface area contributed by atoms with E-state index in [0.29, 0.717) is 24.2 Å². The lowest BCUT2D eigenvalue weighted by Crippen LogP contribution is -2.52. The maximum absolute atomic E-state index is 13.4. The van der Waals surface area contributed by atoms with Crippen LogP contribution in [0.25, 0.3) is 10.9 Å². The summed E-state index contributed by atoms with van der Waals surface area (Å²) in [6, 6.07) is 5.67. The molecule has 1 saturated carbocycles. The number of halogens is 3. The number of rotatable bonds is 4. The van der Waals surface area contributed by atoms with Crippen LogP contribution in [0.15, 0.2) is 43.6 Å². The zero-order valence-electron chi connectivity index (χ0n) is 17.5. The van der Waals surface area contributed by atoms with Crippen molar-refractivity contribution in [2.45, 2.75) is 44.5 Å². The number of fused-ring (bicyclic) bond motifs is 1. The number of nitrogens with one attached hydrogen (secondary N) is 1. The van der Waals surface area contributed by atoms with Crippen LogP contribution in [0, 0.1) is 11.8 Å². The predicted molar refractivity (Wildman–Crippen MR) is 115 cm³/mol. The lowest BCUT2D eigenvalue weighted by molar-refractivity contribution is -0.136. The van der Waals surface area contributed by atoms with Gasteiger partial charge in [0, 0.05) is 36.4 Å². The number of aliphatic hydroxyl groups is 1. The van der Waals surface area contributed by atoms with Crippen molar-refractivity contribution in [3.63, 3.8) is 0 Å². The molecule has 1 aliphatic carbocycles. The molecule has 168 valence electrons. The minimum atomic E-state index is -4.48. The number of aliphatic hydroxyl groups excluding tert-OH is 1. The minimum absolute atomic E-state index is 0.0528. The number of carbonyl (C=O) groups is 1. The fraction of sp³-hybridized carbons (Fsp3) is 0.478. The molecule has 5 nitrogen and oxygen atoms in total. The minimum Gasteiger partial charge on any atom is -0.383 e. The Morgan fingerprint density at radius 2 is 1.97 bits per heavy atom. The van der Waals surface area contributed by atoms with Crippen LogP contribution in [-0.4, -0.2) is 41.2 Å². The molecule has 3 unspecified atom stereocenters. The Morgan fingerprint density at radius 3 is 2.61 bits per heavy atom. The number of aromatic nitrogens is 1. The van der Waals surface area contributed by atoms with E-state index in [1.54, 1.807) is 12.1 Å². The number of amides is 1. The molecule has 8 heteroatoms.